The lowest BCUT2D eigenvalue weighted by Crippen LogP contribution is -2.50. The molecule has 0 saturated carbocycles. The molecule has 214 valence electrons. The zero-order chi connectivity index (χ0) is 30.3. The third-order valence-electron chi connectivity index (χ3n) is 6.84. The quantitative estimate of drug-likeness (QED) is 0.114. The number of para-hydroxylation sites is 2. The maximum absolute atomic E-state index is 13.9. The molecule has 0 aliphatic carbocycles. The Hall–Kier alpha value is -5.31. The standard InChI is InChI=1S/C34H26BF3N2O3/c1-2-40-30-8-4-5-9-31(30)43-32(40)10-6-3-7-29(34(41)42)39-33(23-11-17-26(36)18-12-23)35(24-13-19-27(37)20-14-24)25-15-21-28(38)22-16-25/h3-22H,2H2,1H3,(H,41,42). The van der Waals surface area contributed by atoms with Gasteiger partial charge in [-0.1, -0.05) is 71.6 Å². The number of carboxylic acid groups (broad SMARTS) is 1. The van der Waals surface area contributed by atoms with E-state index >= 15 is 0 Å². The zero-order valence-corrected chi connectivity index (χ0v) is 23.1. The van der Waals surface area contributed by atoms with Gasteiger partial charge in [-0.3, -0.25) is 4.99 Å². The number of fused-ring (bicyclic) bond motifs is 1. The smallest absolute Gasteiger partial charge is 0.354 e. The lowest BCUT2D eigenvalue weighted by Gasteiger charge is -2.18. The summed E-state index contributed by atoms with van der Waals surface area (Å²) in [5.41, 5.74) is 2.50. The van der Waals surface area contributed by atoms with E-state index in [0.29, 0.717) is 28.9 Å². The van der Waals surface area contributed by atoms with Crippen LogP contribution in [-0.2, 0) is 4.79 Å². The molecule has 0 spiro atoms. The van der Waals surface area contributed by atoms with Crippen molar-refractivity contribution in [1.29, 1.82) is 0 Å². The predicted molar refractivity (Wildman–Crippen MR) is 164 cm³/mol. The van der Waals surface area contributed by atoms with Crippen molar-refractivity contribution in [2.75, 3.05) is 11.4 Å². The number of aliphatic imine (C=N–C) groups is 1. The van der Waals surface area contributed by atoms with E-state index in [4.69, 9.17) is 4.74 Å². The van der Waals surface area contributed by atoms with Gasteiger partial charge in [-0.15, -0.1) is 0 Å². The number of anilines is 1. The predicted octanol–water partition coefficient (Wildman–Crippen LogP) is 6.03. The molecule has 4 aromatic carbocycles. The first-order chi connectivity index (χ1) is 20.8. The Morgan fingerprint density at radius 2 is 1.40 bits per heavy atom. The van der Waals surface area contributed by atoms with Crippen molar-refractivity contribution in [1.82, 2.24) is 0 Å². The van der Waals surface area contributed by atoms with Crippen LogP contribution < -0.4 is 20.6 Å². The summed E-state index contributed by atoms with van der Waals surface area (Å²) in [5.74, 6) is -1.37. The first-order valence-electron chi connectivity index (χ1n) is 13.6. The second kappa shape index (κ2) is 13.1. The molecule has 1 aliphatic rings. The number of rotatable bonds is 9. The van der Waals surface area contributed by atoms with Crippen molar-refractivity contribution in [3.05, 3.63) is 156 Å². The van der Waals surface area contributed by atoms with Gasteiger partial charge in [0.1, 0.15) is 23.1 Å². The highest BCUT2D eigenvalue weighted by Crippen LogP contribution is 2.38. The molecule has 0 bridgehead atoms. The number of carboxylic acids is 1. The molecule has 9 heteroatoms. The molecule has 1 heterocycles. The highest BCUT2D eigenvalue weighted by Gasteiger charge is 2.28. The first kappa shape index (κ1) is 29.2. The lowest BCUT2D eigenvalue weighted by molar-refractivity contribution is -0.132. The summed E-state index contributed by atoms with van der Waals surface area (Å²) in [5, 5.41) is 10.1. The van der Waals surface area contributed by atoms with Crippen LogP contribution in [0.3, 0.4) is 0 Å². The number of allylic oxidation sites excluding steroid dienone is 4. The number of ether oxygens (including phenoxy) is 1. The molecule has 0 radical (unpaired) electrons. The Labute approximate surface area is 247 Å². The van der Waals surface area contributed by atoms with Gasteiger partial charge in [0.05, 0.1) is 5.69 Å². The van der Waals surface area contributed by atoms with Gasteiger partial charge in [-0.2, -0.15) is 0 Å². The number of benzene rings is 4. The topological polar surface area (TPSA) is 62.1 Å². The molecule has 0 atom stereocenters. The van der Waals surface area contributed by atoms with Gasteiger partial charge in [-0.25, -0.2) is 18.0 Å². The minimum atomic E-state index is -1.30. The van der Waals surface area contributed by atoms with Gasteiger partial charge in [0.25, 0.3) is 6.71 Å². The van der Waals surface area contributed by atoms with Gasteiger partial charge < -0.3 is 14.7 Å². The van der Waals surface area contributed by atoms with E-state index in [1.807, 2.05) is 36.1 Å². The fraction of sp³-hybridized carbons (Fsp3) is 0.0588. The molecule has 0 aromatic heterocycles. The molecule has 5 rings (SSSR count). The maximum Gasteiger partial charge on any atom is 0.354 e. The highest BCUT2D eigenvalue weighted by molar-refractivity contribution is 7.10. The van der Waals surface area contributed by atoms with Gasteiger partial charge in [-0.05, 0) is 73.2 Å². The number of nitrogens with zero attached hydrogens (tertiary/aromatic N) is 2. The van der Waals surface area contributed by atoms with Gasteiger partial charge in [0.2, 0.25) is 5.88 Å². The molecule has 0 amide bonds. The minimum absolute atomic E-state index is 0.255. The lowest BCUT2D eigenvalue weighted by atomic mass is 9.36. The minimum Gasteiger partial charge on any atom is -0.477 e. The normalized spacial score (nSPS) is 14.2. The number of halogens is 3. The Kier molecular flexibility index (Phi) is 8.91. The van der Waals surface area contributed by atoms with Crippen LogP contribution in [0.4, 0.5) is 18.9 Å². The van der Waals surface area contributed by atoms with Crippen molar-refractivity contribution >= 4 is 34.9 Å². The second-order valence-electron chi connectivity index (χ2n) is 9.60. The molecule has 4 aromatic rings. The SMILES string of the molecule is CCN1C(=CC=CC=C(N=C(B(c2ccc(F)cc2)c2ccc(F)cc2)c2ccc(F)cc2)C(=O)O)Oc2ccccc21. The molecule has 43 heavy (non-hydrogen) atoms. The van der Waals surface area contributed by atoms with Crippen LogP contribution in [0.5, 0.6) is 5.75 Å². The van der Waals surface area contributed by atoms with Crippen molar-refractivity contribution in [2.24, 2.45) is 4.99 Å². The first-order valence-corrected chi connectivity index (χ1v) is 13.6. The van der Waals surface area contributed by atoms with E-state index in [2.05, 4.69) is 4.99 Å². The molecule has 5 nitrogen and oxygen atoms in total. The third kappa shape index (κ3) is 6.78. The van der Waals surface area contributed by atoms with Gasteiger partial charge in [0.15, 0.2) is 5.75 Å². The Bertz CT molecular complexity index is 1690. The fourth-order valence-corrected chi connectivity index (χ4v) is 4.81. The number of aliphatic carboxylic acids is 1. The molecule has 1 aliphatic heterocycles. The summed E-state index contributed by atoms with van der Waals surface area (Å²) in [6.45, 7) is 1.94. The highest BCUT2D eigenvalue weighted by atomic mass is 19.1. The van der Waals surface area contributed by atoms with Crippen LogP contribution in [0.2, 0.25) is 0 Å². The van der Waals surface area contributed by atoms with E-state index in [1.54, 1.807) is 36.4 Å². The average Bonchev–Trinajstić information content (AvgIpc) is 3.37. The van der Waals surface area contributed by atoms with Crippen LogP contribution in [0.1, 0.15) is 12.5 Å². The maximum atomic E-state index is 13.9. The number of hydrogen-bond donors (Lipinski definition) is 1. The van der Waals surface area contributed by atoms with Crippen LogP contribution in [0, 0.1) is 17.5 Å². The van der Waals surface area contributed by atoms with E-state index in [1.165, 1.54) is 60.7 Å². The van der Waals surface area contributed by atoms with Crippen molar-refractivity contribution < 1.29 is 27.8 Å². The van der Waals surface area contributed by atoms with E-state index in [-0.39, 0.29) is 11.3 Å². The van der Waals surface area contributed by atoms with Crippen LogP contribution >= 0.6 is 0 Å². The van der Waals surface area contributed by atoms with Crippen LogP contribution in [0.25, 0.3) is 0 Å². The molecule has 0 saturated heterocycles. The molecule has 0 fully saturated rings. The second-order valence-corrected chi connectivity index (χ2v) is 9.60. The largest absolute Gasteiger partial charge is 0.477 e. The van der Waals surface area contributed by atoms with Crippen molar-refractivity contribution in [3.63, 3.8) is 0 Å². The Morgan fingerprint density at radius 1 is 0.837 bits per heavy atom. The van der Waals surface area contributed by atoms with E-state index in [0.717, 1.165) is 11.4 Å². The van der Waals surface area contributed by atoms with Crippen molar-refractivity contribution in [2.45, 2.75) is 6.92 Å². The Balaban J connectivity index is 1.58. The van der Waals surface area contributed by atoms with Gasteiger partial charge >= 0.3 is 5.97 Å². The van der Waals surface area contributed by atoms with Crippen LogP contribution in [0.15, 0.2) is 138 Å². The molecular formula is C34H26BF3N2O3. The Morgan fingerprint density at radius 3 is 1.95 bits per heavy atom. The van der Waals surface area contributed by atoms with E-state index < -0.39 is 30.1 Å². The average molecular weight is 578 g/mol. The zero-order valence-electron chi connectivity index (χ0n) is 23.1. The summed E-state index contributed by atoms with van der Waals surface area (Å²) in [7, 11) is 0. The summed E-state index contributed by atoms with van der Waals surface area (Å²) in [6, 6.07) is 24.4. The summed E-state index contributed by atoms with van der Waals surface area (Å²) < 4.78 is 47.6. The molecular weight excluding hydrogens is 552 g/mol. The third-order valence-corrected chi connectivity index (χ3v) is 6.84. The molecule has 0 unspecified atom stereocenters. The fourth-order valence-electron chi connectivity index (χ4n) is 4.81. The van der Waals surface area contributed by atoms with Gasteiger partial charge in [0, 0.05) is 12.2 Å². The number of carbonyl (C=O) groups is 1. The monoisotopic (exact) mass is 578 g/mol. The van der Waals surface area contributed by atoms with Crippen molar-refractivity contribution in [3.8, 4) is 5.75 Å². The van der Waals surface area contributed by atoms with Crippen LogP contribution in [-0.4, -0.2) is 29.9 Å². The number of hydrogen-bond acceptors (Lipinski definition) is 4. The van der Waals surface area contributed by atoms with E-state index in [9.17, 15) is 23.1 Å². The summed E-state index contributed by atoms with van der Waals surface area (Å²) >= 11 is 0. The summed E-state index contributed by atoms with van der Waals surface area (Å²) in [4.78, 5) is 18.9. The molecule has 1 N–H and O–H groups in total. The summed E-state index contributed by atoms with van der Waals surface area (Å²) in [6.07, 6.45) is 6.25.